The van der Waals surface area contributed by atoms with E-state index in [1.807, 2.05) is 30.5 Å². The maximum Gasteiger partial charge on any atom is 0.153 e. The molecule has 0 saturated carbocycles. The van der Waals surface area contributed by atoms with Gasteiger partial charge in [0.05, 0.1) is 22.1 Å². The van der Waals surface area contributed by atoms with Gasteiger partial charge < -0.3 is 18.0 Å². The van der Waals surface area contributed by atoms with Crippen molar-refractivity contribution in [2.75, 3.05) is 0 Å². The van der Waals surface area contributed by atoms with E-state index in [2.05, 4.69) is 148 Å². The Labute approximate surface area is 296 Å². The highest BCUT2D eigenvalue weighted by Crippen LogP contribution is 2.40. The molecule has 0 bridgehead atoms. The first-order valence-corrected chi connectivity index (χ1v) is 17.5. The minimum absolute atomic E-state index is 0.800. The summed E-state index contributed by atoms with van der Waals surface area (Å²) < 4.78 is 17.0. The van der Waals surface area contributed by atoms with Gasteiger partial charge in [-0.15, -0.1) is 0 Å². The van der Waals surface area contributed by atoms with Crippen LogP contribution in [0.1, 0.15) is 0 Å². The van der Waals surface area contributed by atoms with Gasteiger partial charge in [0, 0.05) is 55.3 Å². The average Bonchev–Trinajstić information content (AvgIpc) is 3.94. The third-order valence-corrected chi connectivity index (χ3v) is 10.8. The summed E-state index contributed by atoms with van der Waals surface area (Å²) in [6.45, 7) is 0. The van der Waals surface area contributed by atoms with Gasteiger partial charge in [-0.3, -0.25) is 4.98 Å². The second kappa shape index (κ2) is 10.2. The van der Waals surface area contributed by atoms with E-state index in [0.29, 0.717) is 0 Å². The van der Waals surface area contributed by atoms with Crippen LogP contribution in [-0.2, 0) is 0 Å². The first-order valence-electron chi connectivity index (χ1n) is 17.5. The van der Waals surface area contributed by atoms with Crippen molar-refractivity contribution in [1.29, 1.82) is 0 Å². The predicted octanol–water partition coefficient (Wildman–Crippen LogP) is 12.7. The van der Waals surface area contributed by atoms with Crippen molar-refractivity contribution in [2.24, 2.45) is 0 Å². The lowest BCUT2D eigenvalue weighted by atomic mass is 10.0. The zero-order chi connectivity index (χ0) is 33.9. The number of para-hydroxylation sites is 3. The molecule has 0 radical (unpaired) electrons. The van der Waals surface area contributed by atoms with Crippen LogP contribution in [0.15, 0.2) is 173 Å². The normalized spacial score (nSPS) is 12.2. The molecule has 0 aliphatic carbocycles. The predicted molar refractivity (Wildman–Crippen MR) is 213 cm³/mol. The van der Waals surface area contributed by atoms with Gasteiger partial charge in [-0.1, -0.05) is 66.7 Å². The lowest BCUT2D eigenvalue weighted by molar-refractivity contribution is 0.668. The van der Waals surface area contributed by atoms with Crippen LogP contribution in [0.5, 0.6) is 0 Å². The molecule has 5 aromatic heterocycles. The monoisotopic (exact) mass is 665 g/mol. The Morgan fingerprint density at radius 3 is 1.52 bits per heavy atom. The summed E-state index contributed by atoms with van der Waals surface area (Å²) in [5.74, 6) is 0. The molecule has 0 spiro atoms. The van der Waals surface area contributed by atoms with E-state index < -0.39 is 0 Å². The van der Waals surface area contributed by atoms with Crippen LogP contribution < -0.4 is 0 Å². The van der Waals surface area contributed by atoms with E-state index in [0.717, 1.165) is 66.4 Å². The fourth-order valence-corrected chi connectivity index (χ4v) is 8.44. The molecule has 0 amide bonds. The Balaban J connectivity index is 1.03. The summed E-state index contributed by atoms with van der Waals surface area (Å²) >= 11 is 0. The molecule has 0 saturated heterocycles. The Morgan fingerprint density at radius 1 is 0.346 bits per heavy atom. The van der Waals surface area contributed by atoms with Crippen molar-refractivity contribution in [2.45, 2.75) is 0 Å². The number of rotatable bonds is 3. The highest BCUT2D eigenvalue weighted by molar-refractivity contribution is 6.14. The number of furan rings is 2. The molecule has 7 aromatic carbocycles. The molecular formula is C47H27N3O2. The van der Waals surface area contributed by atoms with Crippen LogP contribution in [0.4, 0.5) is 0 Å². The zero-order valence-electron chi connectivity index (χ0n) is 27.7. The quantitative estimate of drug-likeness (QED) is 0.189. The van der Waals surface area contributed by atoms with Gasteiger partial charge in [0.2, 0.25) is 0 Å². The molecule has 0 aliphatic heterocycles. The zero-order valence-corrected chi connectivity index (χ0v) is 27.7. The van der Waals surface area contributed by atoms with Gasteiger partial charge in [0.25, 0.3) is 0 Å². The summed E-state index contributed by atoms with van der Waals surface area (Å²) in [7, 11) is 0. The maximum atomic E-state index is 6.16. The summed E-state index contributed by atoms with van der Waals surface area (Å²) in [6, 6.07) is 56.2. The Morgan fingerprint density at radius 2 is 0.846 bits per heavy atom. The fraction of sp³-hybridized carbons (Fsp3) is 0. The minimum atomic E-state index is 0.800. The van der Waals surface area contributed by atoms with E-state index >= 15 is 0 Å². The molecule has 0 atom stereocenters. The molecule has 242 valence electrons. The van der Waals surface area contributed by atoms with E-state index in [1.54, 1.807) is 0 Å². The highest BCUT2D eigenvalue weighted by atomic mass is 16.3. The van der Waals surface area contributed by atoms with Gasteiger partial charge in [0.15, 0.2) is 5.58 Å². The largest absolute Gasteiger partial charge is 0.456 e. The molecule has 12 aromatic rings. The van der Waals surface area contributed by atoms with Crippen LogP contribution in [-0.4, -0.2) is 14.1 Å². The second-order valence-electron chi connectivity index (χ2n) is 13.6. The molecule has 12 rings (SSSR count). The van der Waals surface area contributed by atoms with Crippen molar-refractivity contribution in [3.8, 4) is 22.5 Å². The number of pyridine rings is 1. The van der Waals surface area contributed by atoms with Gasteiger partial charge >= 0.3 is 0 Å². The first-order chi connectivity index (χ1) is 25.8. The van der Waals surface area contributed by atoms with E-state index in [9.17, 15) is 0 Å². The average molecular weight is 666 g/mol. The van der Waals surface area contributed by atoms with Crippen molar-refractivity contribution >= 4 is 87.6 Å². The van der Waals surface area contributed by atoms with E-state index in [4.69, 9.17) is 8.83 Å². The molecule has 5 nitrogen and oxygen atoms in total. The summed E-state index contributed by atoms with van der Waals surface area (Å²) in [5, 5.41) is 8.15. The number of aromatic nitrogens is 3. The molecule has 5 heterocycles. The summed E-state index contributed by atoms with van der Waals surface area (Å²) in [4.78, 5) is 4.63. The topological polar surface area (TPSA) is 49.0 Å². The lowest BCUT2D eigenvalue weighted by Gasteiger charge is -2.10. The standard InChI is InChI=1S/C47H27N3O2/c1-4-11-39-32(8-1)35-24-28(15-19-41(35)49(39)30-17-21-44-37(26-30)34-10-3-6-13-43(34)51-44)29-16-20-42-36(25-29)33-9-2-5-12-40(33)50(42)31-18-22-45-38(27-31)47-46(52-45)14-7-23-48-47/h1-27H. The molecule has 0 fully saturated rings. The van der Waals surface area contributed by atoms with Gasteiger partial charge in [-0.2, -0.15) is 0 Å². The number of hydrogen-bond donors (Lipinski definition) is 0. The third kappa shape index (κ3) is 3.79. The number of hydrogen-bond acceptors (Lipinski definition) is 3. The summed E-state index contributed by atoms with van der Waals surface area (Å²) in [5.41, 5.74) is 13.6. The lowest BCUT2D eigenvalue weighted by Crippen LogP contribution is -1.94. The molecular weight excluding hydrogens is 639 g/mol. The van der Waals surface area contributed by atoms with E-state index in [-0.39, 0.29) is 0 Å². The van der Waals surface area contributed by atoms with Crippen LogP contribution in [0.25, 0.3) is 110 Å². The van der Waals surface area contributed by atoms with Crippen molar-refractivity contribution in [3.63, 3.8) is 0 Å². The molecule has 5 heteroatoms. The highest BCUT2D eigenvalue weighted by Gasteiger charge is 2.18. The van der Waals surface area contributed by atoms with Gasteiger partial charge in [0.1, 0.15) is 22.3 Å². The SMILES string of the molecule is c1ccc2c(c1)oc1ccc(-n3c4ccccc4c4cc(-c5ccc6c(c5)c5ccccc5n6-c5ccc6oc7cccnc7c6c5)ccc43)cc12. The Kier molecular flexibility index (Phi) is 5.44. The molecule has 52 heavy (non-hydrogen) atoms. The third-order valence-electron chi connectivity index (χ3n) is 10.8. The smallest absolute Gasteiger partial charge is 0.153 e. The molecule has 0 aliphatic rings. The number of benzene rings is 7. The van der Waals surface area contributed by atoms with Crippen molar-refractivity contribution in [1.82, 2.24) is 14.1 Å². The van der Waals surface area contributed by atoms with Crippen LogP contribution in [0.3, 0.4) is 0 Å². The number of nitrogens with zero attached hydrogens (tertiary/aromatic N) is 3. The molecule has 0 N–H and O–H groups in total. The van der Waals surface area contributed by atoms with Crippen molar-refractivity contribution < 1.29 is 8.83 Å². The molecule has 0 unspecified atom stereocenters. The van der Waals surface area contributed by atoms with Crippen LogP contribution >= 0.6 is 0 Å². The Hall–Kier alpha value is -7.11. The minimum Gasteiger partial charge on any atom is -0.456 e. The van der Waals surface area contributed by atoms with E-state index in [1.165, 1.54) is 43.7 Å². The maximum absolute atomic E-state index is 6.16. The number of fused-ring (bicyclic) bond motifs is 12. The van der Waals surface area contributed by atoms with Gasteiger partial charge in [-0.05, 0) is 102 Å². The fourth-order valence-electron chi connectivity index (χ4n) is 8.44. The summed E-state index contributed by atoms with van der Waals surface area (Å²) in [6.07, 6.45) is 1.82. The Bertz CT molecular complexity index is 3200. The van der Waals surface area contributed by atoms with Crippen LogP contribution in [0, 0.1) is 0 Å². The van der Waals surface area contributed by atoms with Gasteiger partial charge in [-0.25, -0.2) is 0 Å². The second-order valence-corrected chi connectivity index (χ2v) is 13.6. The van der Waals surface area contributed by atoms with Crippen LogP contribution in [0.2, 0.25) is 0 Å². The van der Waals surface area contributed by atoms with Crippen molar-refractivity contribution in [3.05, 3.63) is 164 Å². The first kappa shape index (κ1) is 27.7.